The van der Waals surface area contributed by atoms with Crippen LogP contribution in [0.1, 0.15) is 64.2 Å². The van der Waals surface area contributed by atoms with Crippen molar-refractivity contribution in [3.63, 3.8) is 0 Å². The van der Waals surface area contributed by atoms with Crippen LogP contribution in [0.5, 0.6) is 0 Å². The molecule has 9 nitrogen and oxygen atoms in total. The van der Waals surface area contributed by atoms with Crippen molar-refractivity contribution in [1.29, 1.82) is 0 Å². The SMILES string of the molecule is O=C(O)CC(CC1CCCC1)C(=O)N(c1nc(-c2ccccc2-c2cnc(N3CCCC3=O)cn2)cs1)C1CC1. The number of amides is 2. The molecular formula is C30H33N5O4S. The summed E-state index contributed by atoms with van der Waals surface area (Å²) in [4.78, 5) is 55.1. The van der Waals surface area contributed by atoms with Gasteiger partial charge in [-0.3, -0.25) is 29.2 Å². The van der Waals surface area contributed by atoms with Crippen molar-refractivity contribution >= 4 is 40.1 Å². The minimum absolute atomic E-state index is 0.0704. The smallest absolute Gasteiger partial charge is 0.304 e. The van der Waals surface area contributed by atoms with E-state index in [-0.39, 0.29) is 24.3 Å². The van der Waals surface area contributed by atoms with Crippen LogP contribution in [0.25, 0.3) is 22.5 Å². The second kappa shape index (κ2) is 11.4. The standard InChI is InChI=1S/C30H33N5O4S/c36-27-10-5-13-34(27)26-17-31-24(16-32-26)22-8-3-4-9-23(22)25-18-40-30(33-25)35(21-11-12-21)29(39)20(15-28(37)38)14-19-6-1-2-7-19/h3-4,8-9,16-21H,1-2,5-7,10-15H2,(H,37,38). The molecule has 40 heavy (non-hydrogen) atoms. The highest BCUT2D eigenvalue weighted by atomic mass is 32.1. The first kappa shape index (κ1) is 26.6. The van der Waals surface area contributed by atoms with E-state index in [2.05, 4.69) is 9.97 Å². The van der Waals surface area contributed by atoms with Crippen molar-refractivity contribution in [2.45, 2.75) is 70.3 Å². The van der Waals surface area contributed by atoms with Gasteiger partial charge in [-0.25, -0.2) is 9.97 Å². The second-order valence-corrected chi connectivity index (χ2v) is 11.9. The maximum absolute atomic E-state index is 13.8. The zero-order chi connectivity index (χ0) is 27.6. The molecule has 2 aromatic heterocycles. The summed E-state index contributed by atoms with van der Waals surface area (Å²) in [7, 11) is 0. The predicted molar refractivity (Wildman–Crippen MR) is 153 cm³/mol. The van der Waals surface area contributed by atoms with E-state index in [0.717, 1.165) is 61.8 Å². The number of aliphatic carboxylic acids is 1. The summed E-state index contributed by atoms with van der Waals surface area (Å²) in [6.07, 6.45) is 11.5. The molecule has 2 saturated carbocycles. The van der Waals surface area contributed by atoms with Crippen LogP contribution in [0.15, 0.2) is 42.0 Å². The molecule has 2 aliphatic carbocycles. The average Bonchev–Trinajstić information content (AvgIpc) is 3.30. The molecule has 3 fully saturated rings. The van der Waals surface area contributed by atoms with E-state index < -0.39 is 11.9 Å². The first-order chi connectivity index (χ1) is 19.5. The van der Waals surface area contributed by atoms with Crippen molar-refractivity contribution in [1.82, 2.24) is 15.0 Å². The van der Waals surface area contributed by atoms with Gasteiger partial charge in [0.25, 0.3) is 0 Å². The minimum atomic E-state index is -0.929. The molecular weight excluding hydrogens is 526 g/mol. The number of carboxylic acid groups (broad SMARTS) is 1. The number of carbonyl (C=O) groups is 3. The fraction of sp³-hybridized carbons (Fsp3) is 0.467. The molecule has 6 rings (SSSR count). The molecule has 0 spiro atoms. The number of nitrogens with zero attached hydrogens (tertiary/aromatic N) is 5. The third-order valence-corrected chi connectivity index (χ3v) is 9.02. The maximum atomic E-state index is 13.8. The van der Waals surface area contributed by atoms with Gasteiger partial charge in [0.1, 0.15) is 0 Å². The molecule has 2 amide bonds. The number of aromatic nitrogens is 3. The van der Waals surface area contributed by atoms with Gasteiger partial charge in [-0.1, -0.05) is 49.9 Å². The molecule has 1 N–H and O–H groups in total. The maximum Gasteiger partial charge on any atom is 0.304 e. The van der Waals surface area contributed by atoms with Crippen molar-refractivity contribution in [2.24, 2.45) is 11.8 Å². The Bertz CT molecular complexity index is 1400. The Morgan fingerprint density at radius 2 is 1.77 bits per heavy atom. The first-order valence-electron chi connectivity index (χ1n) is 14.2. The van der Waals surface area contributed by atoms with Crippen LogP contribution in [-0.2, 0) is 14.4 Å². The summed E-state index contributed by atoms with van der Waals surface area (Å²) in [6.45, 7) is 0.662. The molecule has 1 unspecified atom stereocenters. The van der Waals surface area contributed by atoms with E-state index in [1.54, 1.807) is 22.2 Å². The normalized spacial score (nSPS) is 18.3. The summed E-state index contributed by atoms with van der Waals surface area (Å²) in [6, 6.07) is 7.90. The van der Waals surface area contributed by atoms with Gasteiger partial charge in [0, 0.05) is 41.4 Å². The molecule has 3 aliphatic rings. The van der Waals surface area contributed by atoms with E-state index in [9.17, 15) is 19.5 Å². The van der Waals surface area contributed by atoms with E-state index in [1.807, 2.05) is 29.6 Å². The zero-order valence-electron chi connectivity index (χ0n) is 22.4. The highest BCUT2D eigenvalue weighted by Gasteiger charge is 2.40. The molecule has 3 heterocycles. The minimum Gasteiger partial charge on any atom is -0.481 e. The Hall–Kier alpha value is -3.66. The van der Waals surface area contributed by atoms with Crippen molar-refractivity contribution in [2.75, 3.05) is 16.3 Å². The third-order valence-electron chi connectivity index (χ3n) is 8.18. The Kier molecular flexibility index (Phi) is 7.60. The lowest BCUT2D eigenvalue weighted by atomic mass is 9.90. The topological polar surface area (TPSA) is 117 Å². The summed E-state index contributed by atoms with van der Waals surface area (Å²) >= 11 is 1.42. The number of hydrogen-bond acceptors (Lipinski definition) is 7. The van der Waals surface area contributed by atoms with Gasteiger partial charge < -0.3 is 5.11 Å². The van der Waals surface area contributed by atoms with Crippen molar-refractivity contribution < 1.29 is 19.5 Å². The monoisotopic (exact) mass is 559 g/mol. The Labute approximate surface area is 237 Å². The molecule has 208 valence electrons. The Balaban J connectivity index is 1.26. The fourth-order valence-corrected chi connectivity index (χ4v) is 6.91. The molecule has 1 aliphatic heterocycles. The second-order valence-electron chi connectivity index (χ2n) is 11.1. The molecule has 3 aromatic rings. The molecule has 0 bridgehead atoms. The lowest BCUT2D eigenvalue weighted by Gasteiger charge is -2.26. The third kappa shape index (κ3) is 5.63. The van der Waals surface area contributed by atoms with Crippen molar-refractivity contribution in [3.05, 3.63) is 42.0 Å². The molecule has 1 saturated heterocycles. The highest BCUT2D eigenvalue weighted by molar-refractivity contribution is 7.14. The van der Waals surface area contributed by atoms with E-state index in [1.165, 1.54) is 11.3 Å². The van der Waals surface area contributed by atoms with Gasteiger partial charge in [0.2, 0.25) is 11.8 Å². The number of carbonyl (C=O) groups excluding carboxylic acids is 2. The quantitative estimate of drug-likeness (QED) is 0.346. The molecule has 1 aromatic carbocycles. The number of rotatable bonds is 10. The van der Waals surface area contributed by atoms with Crippen LogP contribution in [0.2, 0.25) is 0 Å². The van der Waals surface area contributed by atoms with Crippen LogP contribution < -0.4 is 9.80 Å². The lowest BCUT2D eigenvalue weighted by molar-refractivity contribution is -0.141. The van der Waals surface area contributed by atoms with Crippen LogP contribution in [-0.4, -0.2) is 50.4 Å². The highest BCUT2D eigenvalue weighted by Crippen LogP contribution is 2.40. The number of thiazole rings is 1. The van der Waals surface area contributed by atoms with Crippen LogP contribution >= 0.6 is 11.3 Å². The van der Waals surface area contributed by atoms with Gasteiger partial charge in [0.05, 0.1) is 30.2 Å². The van der Waals surface area contributed by atoms with Gasteiger partial charge >= 0.3 is 5.97 Å². The van der Waals surface area contributed by atoms with Crippen LogP contribution in [0, 0.1) is 11.8 Å². The van der Waals surface area contributed by atoms with E-state index in [0.29, 0.717) is 41.9 Å². The predicted octanol–water partition coefficient (Wildman–Crippen LogP) is 5.56. The first-order valence-corrected chi connectivity index (χ1v) is 15.1. The van der Waals surface area contributed by atoms with E-state index in [4.69, 9.17) is 4.98 Å². The number of carboxylic acids is 1. The van der Waals surface area contributed by atoms with Crippen LogP contribution in [0.4, 0.5) is 10.9 Å². The molecule has 0 radical (unpaired) electrons. The number of anilines is 2. The number of hydrogen-bond donors (Lipinski definition) is 1. The average molecular weight is 560 g/mol. The summed E-state index contributed by atoms with van der Waals surface area (Å²) in [5.41, 5.74) is 3.15. The Morgan fingerprint density at radius 3 is 2.40 bits per heavy atom. The zero-order valence-corrected chi connectivity index (χ0v) is 23.2. The summed E-state index contributed by atoms with van der Waals surface area (Å²) < 4.78 is 0. The number of benzene rings is 1. The fourth-order valence-electron chi connectivity index (χ4n) is 6.01. The Morgan fingerprint density at radius 1 is 1.02 bits per heavy atom. The van der Waals surface area contributed by atoms with Gasteiger partial charge in [-0.2, -0.15) is 0 Å². The van der Waals surface area contributed by atoms with E-state index >= 15 is 0 Å². The van der Waals surface area contributed by atoms with Gasteiger partial charge in [-0.05, 0) is 31.6 Å². The lowest BCUT2D eigenvalue weighted by Crippen LogP contribution is -2.39. The molecule has 1 atom stereocenters. The van der Waals surface area contributed by atoms with Gasteiger partial charge in [0.15, 0.2) is 10.9 Å². The summed E-state index contributed by atoms with van der Waals surface area (Å²) in [5, 5.41) is 12.2. The van der Waals surface area contributed by atoms with Gasteiger partial charge in [-0.15, -0.1) is 11.3 Å². The largest absolute Gasteiger partial charge is 0.481 e. The summed E-state index contributed by atoms with van der Waals surface area (Å²) in [5.74, 6) is -0.514. The van der Waals surface area contributed by atoms with Crippen molar-refractivity contribution in [3.8, 4) is 22.5 Å². The van der Waals surface area contributed by atoms with Crippen LogP contribution in [0.3, 0.4) is 0 Å². The molecule has 10 heteroatoms.